The van der Waals surface area contributed by atoms with Gasteiger partial charge in [0.2, 0.25) is 5.82 Å². The standard InChI is InChI=1S/C23H32N6O2/c1-5-23(3,4)29-21(25-26-27-29)15-28(14-19-7-6-10-31-19)13-18-12-17-9-8-16(2)11-20(17)24-22(18)30/h8-9,11-12,19H,5-7,10,13-15H2,1-4H3,(H,24,30)/p+1/t19-/m0/s1. The third kappa shape index (κ3) is 4.85. The molecule has 1 aliphatic rings. The van der Waals surface area contributed by atoms with Gasteiger partial charge in [-0.05, 0) is 73.5 Å². The van der Waals surface area contributed by atoms with Crippen LogP contribution in [0.4, 0.5) is 0 Å². The van der Waals surface area contributed by atoms with Crippen molar-refractivity contribution in [1.82, 2.24) is 25.2 Å². The smallest absolute Gasteiger partial charge is 0.257 e. The van der Waals surface area contributed by atoms with Gasteiger partial charge in [0.15, 0.2) is 0 Å². The Morgan fingerprint density at radius 1 is 1.29 bits per heavy atom. The van der Waals surface area contributed by atoms with Crippen LogP contribution in [0.3, 0.4) is 0 Å². The number of rotatable bonds is 8. The van der Waals surface area contributed by atoms with E-state index >= 15 is 0 Å². The quantitative estimate of drug-likeness (QED) is 0.574. The topological polar surface area (TPSA) is 90.1 Å². The summed E-state index contributed by atoms with van der Waals surface area (Å²) in [5.74, 6) is 0.840. The van der Waals surface area contributed by atoms with Crippen molar-refractivity contribution < 1.29 is 9.64 Å². The Kier molecular flexibility index (Phi) is 6.20. The number of pyridine rings is 1. The monoisotopic (exact) mass is 425 g/mol. The Morgan fingerprint density at radius 2 is 2.13 bits per heavy atom. The number of tetrazole rings is 1. The van der Waals surface area contributed by atoms with E-state index in [0.717, 1.165) is 60.3 Å². The van der Waals surface area contributed by atoms with Crippen LogP contribution in [0, 0.1) is 6.92 Å². The number of nitrogens with zero attached hydrogens (tertiary/aromatic N) is 4. The summed E-state index contributed by atoms with van der Waals surface area (Å²) in [5, 5.41) is 13.6. The van der Waals surface area contributed by atoms with Crippen LogP contribution in [0.5, 0.6) is 0 Å². The molecule has 1 fully saturated rings. The number of aromatic nitrogens is 5. The average Bonchev–Trinajstić information content (AvgIpc) is 3.41. The molecule has 1 saturated heterocycles. The lowest BCUT2D eigenvalue weighted by Gasteiger charge is -2.26. The van der Waals surface area contributed by atoms with E-state index in [2.05, 4.69) is 53.4 Å². The molecule has 0 bridgehead atoms. The molecule has 3 aromatic rings. The first-order valence-electron chi connectivity index (χ1n) is 11.2. The second-order valence-corrected chi connectivity index (χ2v) is 9.33. The lowest BCUT2D eigenvalue weighted by molar-refractivity contribution is -0.931. The molecule has 0 radical (unpaired) electrons. The Hall–Kier alpha value is -2.58. The summed E-state index contributed by atoms with van der Waals surface area (Å²) >= 11 is 0. The summed E-state index contributed by atoms with van der Waals surface area (Å²) in [6, 6.07) is 8.16. The summed E-state index contributed by atoms with van der Waals surface area (Å²) in [4.78, 5) is 17.1. The zero-order chi connectivity index (χ0) is 22.0. The molecule has 0 saturated carbocycles. The second kappa shape index (κ2) is 8.88. The first-order chi connectivity index (χ1) is 14.9. The minimum absolute atomic E-state index is 0.0311. The fraction of sp³-hybridized carbons (Fsp3) is 0.565. The number of hydrogen-bond donors (Lipinski definition) is 2. The van der Waals surface area contributed by atoms with Gasteiger partial charge < -0.3 is 14.6 Å². The fourth-order valence-corrected chi connectivity index (χ4v) is 4.25. The number of nitrogens with one attached hydrogen (secondary N) is 2. The largest absolute Gasteiger partial charge is 0.372 e. The third-order valence-electron chi connectivity index (χ3n) is 6.44. The fourth-order valence-electron chi connectivity index (χ4n) is 4.25. The van der Waals surface area contributed by atoms with Gasteiger partial charge in [-0.3, -0.25) is 4.79 Å². The van der Waals surface area contributed by atoms with Crippen molar-refractivity contribution in [1.29, 1.82) is 0 Å². The normalized spacial score (nSPS) is 18.0. The van der Waals surface area contributed by atoms with Crippen molar-refractivity contribution in [2.24, 2.45) is 0 Å². The number of quaternary nitrogens is 1. The van der Waals surface area contributed by atoms with Crippen molar-refractivity contribution >= 4 is 10.9 Å². The van der Waals surface area contributed by atoms with E-state index < -0.39 is 0 Å². The van der Waals surface area contributed by atoms with E-state index in [0.29, 0.717) is 13.1 Å². The van der Waals surface area contributed by atoms with E-state index in [9.17, 15) is 4.79 Å². The molecule has 0 amide bonds. The van der Waals surface area contributed by atoms with E-state index in [4.69, 9.17) is 4.74 Å². The highest BCUT2D eigenvalue weighted by atomic mass is 16.5. The zero-order valence-electron chi connectivity index (χ0n) is 18.9. The Balaban J connectivity index is 1.62. The van der Waals surface area contributed by atoms with Crippen LogP contribution in [0.1, 0.15) is 57.0 Å². The Labute approximate surface area is 182 Å². The van der Waals surface area contributed by atoms with Crippen molar-refractivity contribution in [3.8, 4) is 0 Å². The summed E-state index contributed by atoms with van der Waals surface area (Å²) in [5.41, 5.74) is 2.59. The lowest BCUT2D eigenvalue weighted by Crippen LogP contribution is -3.10. The van der Waals surface area contributed by atoms with Gasteiger partial charge in [0.05, 0.1) is 11.1 Å². The molecule has 2 atom stereocenters. The molecule has 8 heteroatoms. The van der Waals surface area contributed by atoms with Gasteiger partial charge in [-0.2, -0.15) is 0 Å². The average molecular weight is 426 g/mol. The minimum Gasteiger partial charge on any atom is -0.372 e. The maximum atomic E-state index is 12.8. The van der Waals surface area contributed by atoms with Gasteiger partial charge in [-0.1, -0.05) is 19.1 Å². The molecular formula is C23H33N6O2+. The van der Waals surface area contributed by atoms with Crippen LogP contribution in [-0.2, 0) is 23.4 Å². The highest BCUT2D eigenvalue weighted by Crippen LogP contribution is 2.19. The van der Waals surface area contributed by atoms with Crippen molar-refractivity contribution in [2.45, 2.75) is 71.7 Å². The molecule has 31 heavy (non-hydrogen) atoms. The van der Waals surface area contributed by atoms with E-state index in [-0.39, 0.29) is 17.2 Å². The maximum absolute atomic E-state index is 12.8. The summed E-state index contributed by atoms with van der Waals surface area (Å²) < 4.78 is 7.83. The van der Waals surface area contributed by atoms with E-state index in [1.165, 1.54) is 4.90 Å². The van der Waals surface area contributed by atoms with Crippen molar-refractivity contribution in [2.75, 3.05) is 13.2 Å². The SMILES string of the molecule is CCC(C)(C)n1nnnc1C[NH+](Cc1cc2ccc(C)cc2[nH]c1=O)C[C@@H]1CCCO1. The molecule has 1 unspecified atom stereocenters. The number of aromatic amines is 1. The number of fused-ring (bicyclic) bond motifs is 1. The highest BCUT2D eigenvalue weighted by Gasteiger charge is 2.28. The molecule has 1 aromatic carbocycles. The van der Waals surface area contributed by atoms with Gasteiger partial charge in [-0.25, -0.2) is 4.68 Å². The van der Waals surface area contributed by atoms with Gasteiger partial charge in [0.1, 0.15) is 25.7 Å². The summed E-state index contributed by atoms with van der Waals surface area (Å²) in [7, 11) is 0. The molecule has 1 aliphatic heterocycles. The predicted octanol–water partition coefficient (Wildman–Crippen LogP) is 1.73. The van der Waals surface area contributed by atoms with Crippen LogP contribution in [0.2, 0.25) is 0 Å². The van der Waals surface area contributed by atoms with Gasteiger partial charge in [-0.15, -0.1) is 5.10 Å². The van der Waals surface area contributed by atoms with Crippen LogP contribution >= 0.6 is 0 Å². The molecule has 0 aliphatic carbocycles. The van der Waals surface area contributed by atoms with Crippen LogP contribution in [0.25, 0.3) is 10.9 Å². The third-order valence-corrected chi connectivity index (χ3v) is 6.44. The molecule has 2 aromatic heterocycles. The Bertz CT molecular complexity index is 1100. The highest BCUT2D eigenvalue weighted by molar-refractivity contribution is 5.79. The molecule has 0 spiro atoms. The zero-order valence-corrected chi connectivity index (χ0v) is 18.9. The first-order valence-corrected chi connectivity index (χ1v) is 11.2. The predicted molar refractivity (Wildman–Crippen MR) is 119 cm³/mol. The summed E-state index contributed by atoms with van der Waals surface area (Å²) in [6.07, 6.45) is 3.28. The molecule has 2 N–H and O–H groups in total. The number of H-pyrrole nitrogens is 1. The molecule has 8 nitrogen and oxygen atoms in total. The van der Waals surface area contributed by atoms with Gasteiger partial charge >= 0.3 is 0 Å². The van der Waals surface area contributed by atoms with Crippen molar-refractivity contribution in [3.05, 3.63) is 51.6 Å². The molecular weight excluding hydrogens is 392 g/mol. The lowest BCUT2D eigenvalue weighted by atomic mass is 10.0. The molecule has 4 rings (SSSR count). The molecule has 3 heterocycles. The number of ether oxygens (including phenoxy) is 1. The number of aryl methyl sites for hydroxylation is 1. The minimum atomic E-state index is -0.161. The number of benzene rings is 1. The van der Waals surface area contributed by atoms with Crippen LogP contribution in [-0.4, -0.2) is 44.4 Å². The first kappa shape index (κ1) is 21.6. The van der Waals surface area contributed by atoms with Crippen molar-refractivity contribution in [3.63, 3.8) is 0 Å². The Morgan fingerprint density at radius 3 is 2.87 bits per heavy atom. The maximum Gasteiger partial charge on any atom is 0.257 e. The van der Waals surface area contributed by atoms with Crippen LogP contribution < -0.4 is 10.5 Å². The number of hydrogen-bond acceptors (Lipinski definition) is 5. The van der Waals surface area contributed by atoms with E-state index in [1.807, 2.05) is 23.7 Å². The van der Waals surface area contributed by atoms with Gasteiger partial charge in [0.25, 0.3) is 5.56 Å². The summed E-state index contributed by atoms with van der Waals surface area (Å²) in [6.45, 7) is 11.3. The molecule has 166 valence electrons. The second-order valence-electron chi connectivity index (χ2n) is 9.33. The van der Waals surface area contributed by atoms with E-state index in [1.54, 1.807) is 0 Å². The van der Waals surface area contributed by atoms with Crippen LogP contribution in [0.15, 0.2) is 29.1 Å². The van der Waals surface area contributed by atoms with Gasteiger partial charge in [0, 0.05) is 12.1 Å².